The van der Waals surface area contributed by atoms with Crippen molar-refractivity contribution in [3.05, 3.63) is 40.2 Å². The average molecular weight is 289 g/mol. The van der Waals surface area contributed by atoms with Crippen LogP contribution in [0.15, 0.2) is 29.0 Å². The molecule has 0 radical (unpaired) electrons. The van der Waals surface area contributed by atoms with Gasteiger partial charge >= 0.3 is 7.60 Å². The zero-order valence-electron chi connectivity index (χ0n) is 10.9. The van der Waals surface area contributed by atoms with Crippen molar-refractivity contribution in [3.63, 3.8) is 0 Å². The molecule has 0 bridgehead atoms. The number of hydrogen-bond acceptors (Lipinski definition) is 3. The Morgan fingerprint density at radius 3 is 2.17 bits per heavy atom. The summed E-state index contributed by atoms with van der Waals surface area (Å²) < 4.78 is 22.8. The zero-order chi connectivity index (χ0) is 13.6. The molecule has 0 N–H and O–H groups in total. The largest absolute Gasteiger partial charge is 0.372 e. The standard InChI is InChI=1S/C13H18ClO3P/c1-4-16-18(15,17-5-2)13(14)10-12-8-6-11(3)7-9-12/h6-10H,4-5H2,1-3H3/b13-10+. The van der Waals surface area contributed by atoms with Gasteiger partial charge in [0.25, 0.3) is 0 Å². The maximum atomic E-state index is 12.3. The van der Waals surface area contributed by atoms with Crippen LogP contribution in [0.3, 0.4) is 0 Å². The van der Waals surface area contributed by atoms with E-state index in [1.165, 1.54) is 0 Å². The van der Waals surface area contributed by atoms with Crippen molar-refractivity contribution >= 4 is 25.3 Å². The van der Waals surface area contributed by atoms with E-state index in [9.17, 15) is 4.57 Å². The number of aryl methyl sites for hydroxylation is 1. The smallest absolute Gasteiger partial charge is 0.305 e. The van der Waals surface area contributed by atoms with Gasteiger partial charge in [-0.05, 0) is 32.4 Å². The summed E-state index contributed by atoms with van der Waals surface area (Å²) in [5, 5.41) is 0. The maximum Gasteiger partial charge on any atom is 0.372 e. The van der Waals surface area contributed by atoms with Crippen LogP contribution >= 0.6 is 19.2 Å². The highest BCUT2D eigenvalue weighted by molar-refractivity contribution is 7.61. The highest BCUT2D eigenvalue weighted by Crippen LogP contribution is 2.58. The van der Waals surface area contributed by atoms with Gasteiger partial charge in [0.2, 0.25) is 0 Å². The molecule has 0 amide bonds. The van der Waals surface area contributed by atoms with E-state index in [4.69, 9.17) is 20.6 Å². The molecule has 0 aliphatic heterocycles. The average Bonchev–Trinajstić information content (AvgIpc) is 2.32. The molecule has 0 spiro atoms. The van der Waals surface area contributed by atoms with Gasteiger partial charge in [-0.2, -0.15) is 0 Å². The number of benzene rings is 1. The highest BCUT2D eigenvalue weighted by atomic mass is 35.5. The van der Waals surface area contributed by atoms with E-state index in [0.717, 1.165) is 11.1 Å². The molecule has 0 unspecified atom stereocenters. The van der Waals surface area contributed by atoms with Gasteiger partial charge in [-0.25, -0.2) is 0 Å². The monoisotopic (exact) mass is 288 g/mol. The summed E-state index contributed by atoms with van der Waals surface area (Å²) in [7, 11) is -3.36. The molecule has 3 nitrogen and oxygen atoms in total. The van der Waals surface area contributed by atoms with Crippen LogP contribution < -0.4 is 0 Å². The van der Waals surface area contributed by atoms with Gasteiger partial charge in [0, 0.05) is 0 Å². The minimum Gasteiger partial charge on any atom is -0.305 e. The van der Waals surface area contributed by atoms with Crippen LogP contribution in [0.1, 0.15) is 25.0 Å². The first-order chi connectivity index (χ1) is 8.51. The van der Waals surface area contributed by atoms with Crippen LogP contribution in [0.5, 0.6) is 0 Å². The Hall–Kier alpha value is -0.600. The Morgan fingerprint density at radius 2 is 1.72 bits per heavy atom. The molecular weight excluding hydrogens is 271 g/mol. The molecule has 1 rings (SSSR count). The molecule has 100 valence electrons. The summed E-state index contributed by atoms with van der Waals surface area (Å²) in [5.74, 6) is 0. The normalized spacial score (nSPS) is 12.8. The molecule has 0 saturated carbocycles. The lowest BCUT2D eigenvalue weighted by Crippen LogP contribution is -1.95. The fraction of sp³-hybridized carbons (Fsp3) is 0.385. The van der Waals surface area contributed by atoms with E-state index in [2.05, 4.69) is 0 Å². The molecule has 0 atom stereocenters. The van der Waals surface area contributed by atoms with Gasteiger partial charge in [0.05, 0.1) is 13.2 Å². The molecule has 18 heavy (non-hydrogen) atoms. The minimum absolute atomic E-state index is 0.107. The van der Waals surface area contributed by atoms with Crippen molar-refractivity contribution in [1.29, 1.82) is 0 Å². The van der Waals surface area contributed by atoms with Crippen molar-refractivity contribution in [2.24, 2.45) is 0 Å². The van der Waals surface area contributed by atoms with Gasteiger partial charge in [0.1, 0.15) is 4.77 Å². The molecule has 0 heterocycles. The van der Waals surface area contributed by atoms with Crippen molar-refractivity contribution in [2.45, 2.75) is 20.8 Å². The first kappa shape index (κ1) is 15.5. The third kappa shape index (κ3) is 4.25. The van der Waals surface area contributed by atoms with Crippen molar-refractivity contribution < 1.29 is 13.6 Å². The van der Waals surface area contributed by atoms with Crippen LogP contribution in [-0.2, 0) is 13.6 Å². The molecule has 5 heteroatoms. The molecule has 0 aliphatic rings. The lowest BCUT2D eigenvalue weighted by atomic mass is 10.1. The van der Waals surface area contributed by atoms with Crippen LogP contribution in [0, 0.1) is 6.92 Å². The molecule has 0 aliphatic carbocycles. The van der Waals surface area contributed by atoms with Crippen molar-refractivity contribution in [2.75, 3.05) is 13.2 Å². The second-order valence-electron chi connectivity index (χ2n) is 3.71. The SMILES string of the molecule is CCOP(=O)(OCC)/C(Cl)=C/c1ccc(C)cc1. The van der Waals surface area contributed by atoms with Crippen molar-refractivity contribution in [3.8, 4) is 0 Å². The van der Waals surface area contributed by atoms with E-state index in [-0.39, 0.29) is 18.0 Å². The Kier molecular flexibility index (Phi) is 6.10. The molecule has 1 aromatic rings. The topological polar surface area (TPSA) is 35.5 Å². The lowest BCUT2D eigenvalue weighted by molar-refractivity contribution is 0.228. The predicted octanol–water partition coefficient (Wildman–Crippen LogP) is 4.80. The van der Waals surface area contributed by atoms with Gasteiger partial charge in [-0.1, -0.05) is 41.4 Å². The van der Waals surface area contributed by atoms with Crippen molar-refractivity contribution in [1.82, 2.24) is 0 Å². The number of hydrogen-bond donors (Lipinski definition) is 0. The molecule has 0 saturated heterocycles. The molecule has 0 aromatic heterocycles. The Morgan fingerprint density at radius 1 is 1.22 bits per heavy atom. The maximum absolute atomic E-state index is 12.3. The van der Waals surface area contributed by atoms with E-state index >= 15 is 0 Å². The van der Waals surface area contributed by atoms with Gasteiger partial charge in [0.15, 0.2) is 0 Å². The van der Waals surface area contributed by atoms with Crippen LogP contribution in [0.25, 0.3) is 6.08 Å². The Balaban J connectivity index is 2.98. The summed E-state index contributed by atoms with van der Waals surface area (Å²) in [4.78, 5) is 0. The van der Waals surface area contributed by atoms with E-state index < -0.39 is 7.60 Å². The van der Waals surface area contributed by atoms with Crippen LogP contribution in [-0.4, -0.2) is 13.2 Å². The summed E-state index contributed by atoms with van der Waals surface area (Å²) in [6.45, 7) is 6.08. The number of rotatable bonds is 6. The predicted molar refractivity (Wildman–Crippen MR) is 75.9 cm³/mol. The fourth-order valence-electron chi connectivity index (χ4n) is 1.38. The quantitative estimate of drug-likeness (QED) is 0.705. The molecular formula is C13H18ClO3P. The Bertz CT molecular complexity index is 444. The molecule has 1 aromatic carbocycles. The third-order valence-corrected chi connectivity index (χ3v) is 4.80. The zero-order valence-corrected chi connectivity index (χ0v) is 12.5. The van der Waals surface area contributed by atoms with Crippen LogP contribution in [0.4, 0.5) is 0 Å². The second-order valence-corrected chi connectivity index (χ2v) is 6.37. The van der Waals surface area contributed by atoms with Crippen LogP contribution in [0.2, 0.25) is 0 Å². The summed E-state index contributed by atoms with van der Waals surface area (Å²) in [6, 6.07) is 7.73. The third-order valence-electron chi connectivity index (χ3n) is 2.22. The molecule has 0 fully saturated rings. The fourth-order valence-corrected chi connectivity index (χ4v) is 3.11. The van der Waals surface area contributed by atoms with E-state index in [1.54, 1.807) is 19.9 Å². The van der Waals surface area contributed by atoms with Gasteiger partial charge < -0.3 is 9.05 Å². The van der Waals surface area contributed by atoms with Gasteiger partial charge in [-0.15, -0.1) is 0 Å². The van der Waals surface area contributed by atoms with E-state index in [1.807, 2.05) is 31.2 Å². The first-order valence-corrected chi connectivity index (χ1v) is 7.77. The number of halogens is 1. The Labute approximate surface area is 113 Å². The summed E-state index contributed by atoms with van der Waals surface area (Å²) in [5.41, 5.74) is 2.02. The minimum atomic E-state index is -3.36. The van der Waals surface area contributed by atoms with Gasteiger partial charge in [-0.3, -0.25) is 4.57 Å². The summed E-state index contributed by atoms with van der Waals surface area (Å²) in [6.07, 6.45) is 1.62. The highest BCUT2D eigenvalue weighted by Gasteiger charge is 2.28. The first-order valence-electron chi connectivity index (χ1n) is 5.85. The van der Waals surface area contributed by atoms with E-state index in [0.29, 0.717) is 0 Å². The second kappa shape index (κ2) is 7.10. The summed E-state index contributed by atoms with van der Waals surface area (Å²) >= 11 is 6.07. The lowest BCUT2D eigenvalue weighted by Gasteiger charge is -2.15.